The van der Waals surface area contributed by atoms with Crippen molar-refractivity contribution >= 4 is 22.9 Å². The lowest BCUT2D eigenvalue weighted by molar-refractivity contribution is -0.119. The van der Waals surface area contributed by atoms with E-state index in [2.05, 4.69) is 29.0 Å². The topological polar surface area (TPSA) is 54.4 Å². The summed E-state index contributed by atoms with van der Waals surface area (Å²) in [4.78, 5) is 19.5. The number of aliphatic imine (C=N–C) groups is 1. The lowest BCUT2D eigenvalue weighted by Gasteiger charge is -2.12. The summed E-state index contributed by atoms with van der Waals surface area (Å²) >= 11 is 0. The zero-order valence-electron chi connectivity index (χ0n) is 14.8. The van der Waals surface area contributed by atoms with E-state index in [4.69, 9.17) is 4.74 Å². The maximum absolute atomic E-state index is 12.1. The van der Waals surface area contributed by atoms with Gasteiger partial charge in [0, 0.05) is 28.9 Å². The predicted molar refractivity (Wildman–Crippen MR) is 102 cm³/mol. The summed E-state index contributed by atoms with van der Waals surface area (Å²) in [6.07, 6.45) is 3.64. The lowest BCUT2D eigenvalue weighted by atomic mass is 10.1. The van der Waals surface area contributed by atoms with Gasteiger partial charge < -0.3 is 9.72 Å². The van der Waals surface area contributed by atoms with Crippen LogP contribution in [0.5, 0.6) is 5.75 Å². The van der Waals surface area contributed by atoms with Crippen LogP contribution < -0.4 is 4.74 Å². The van der Waals surface area contributed by atoms with Crippen molar-refractivity contribution < 1.29 is 9.53 Å². The number of ether oxygens (including phenoxy) is 1. The van der Waals surface area contributed by atoms with E-state index < -0.39 is 0 Å². The van der Waals surface area contributed by atoms with Crippen LogP contribution in [0.4, 0.5) is 0 Å². The molecule has 2 aromatic carbocycles. The zero-order chi connectivity index (χ0) is 17.8. The van der Waals surface area contributed by atoms with Gasteiger partial charge in [-0.3, -0.25) is 9.79 Å². The zero-order valence-corrected chi connectivity index (χ0v) is 14.8. The van der Waals surface area contributed by atoms with E-state index in [0.717, 1.165) is 33.3 Å². The van der Waals surface area contributed by atoms with Crippen molar-refractivity contribution in [1.29, 1.82) is 0 Å². The van der Waals surface area contributed by atoms with Crippen molar-refractivity contribution in [1.82, 2.24) is 4.98 Å². The summed E-state index contributed by atoms with van der Waals surface area (Å²) in [5.41, 5.74) is 5.35. The third-order valence-corrected chi connectivity index (χ3v) is 4.11. The third kappa shape index (κ3) is 3.97. The molecule has 0 aliphatic carbocycles. The molecule has 0 aliphatic heterocycles. The van der Waals surface area contributed by atoms with Gasteiger partial charge in [-0.25, -0.2) is 0 Å². The first-order chi connectivity index (χ1) is 12.0. The molecule has 3 aromatic rings. The number of hydrogen-bond acceptors (Lipinski definition) is 3. The molecule has 0 aliphatic rings. The molecule has 1 heterocycles. The largest absolute Gasteiger partial charge is 0.485 e. The van der Waals surface area contributed by atoms with Crippen molar-refractivity contribution in [2.45, 2.75) is 20.8 Å². The highest BCUT2D eigenvalue weighted by Crippen LogP contribution is 2.24. The molecule has 0 spiro atoms. The van der Waals surface area contributed by atoms with Crippen molar-refractivity contribution in [3.63, 3.8) is 0 Å². The van der Waals surface area contributed by atoms with Gasteiger partial charge in [-0.2, -0.15) is 0 Å². The number of nitrogens with zero attached hydrogens (tertiary/aromatic N) is 1. The SMILES string of the molecule is Cc1cc(C)c(OCC(=O)CN=Cc2cccc3[nH]ccc23)c(C)c1. The molecular weight excluding hydrogens is 312 g/mol. The first kappa shape index (κ1) is 17.0. The van der Waals surface area contributed by atoms with Gasteiger partial charge in [-0.05, 0) is 44.0 Å². The Bertz CT molecular complexity index is 915. The van der Waals surface area contributed by atoms with E-state index in [9.17, 15) is 4.79 Å². The number of nitrogens with one attached hydrogen (secondary N) is 1. The molecule has 4 nitrogen and oxygen atoms in total. The Labute approximate surface area is 147 Å². The molecule has 0 fully saturated rings. The Morgan fingerprint density at radius 2 is 1.92 bits per heavy atom. The fraction of sp³-hybridized carbons (Fsp3) is 0.238. The molecule has 0 amide bonds. The minimum Gasteiger partial charge on any atom is -0.485 e. The van der Waals surface area contributed by atoms with Crippen LogP contribution in [-0.4, -0.2) is 30.1 Å². The number of hydrogen-bond donors (Lipinski definition) is 1. The maximum atomic E-state index is 12.1. The summed E-state index contributed by atoms with van der Waals surface area (Å²) < 4.78 is 5.72. The number of aromatic nitrogens is 1. The van der Waals surface area contributed by atoms with Crippen LogP contribution in [0.3, 0.4) is 0 Å². The number of fused-ring (bicyclic) bond motifs is 1. The van der Waals surface area contributed by atoms with Crippen molar-refractivity contribution in [2.75, 3.05) is 13.2 Å². The van der Waals surface area contributed by atoms with Crippen molar-refractivity contribution in [3.05, 3.63) is 64.8 Å². The molecule has 0 saturated heterocycles. The van der Waals surface area contributed by atoms with Gasteiger partial charge in [-0.1, -0.05) is 29.8 Å². The van der Waals surface area contributed by atoms with E-state index >= 15 is 0 Å². The van der Waals surface area contributed by atoms with Crippen LogP contribution in [0.2, 0.25) is 0 Å². The quantitative estimate of drug-likeness (QED) is 0.688. The highest BCUT2D eigenvalue weighted by molar-refractivity contribution is 5.99. The highest BCUT2D eigenvalue weighted by atomic mass is 16.5. The minimum atomic E-state index is -0.0446. The monoisotopic (exact) mass is 334 g/mol. The second-order valence-electron chi connectivity index (χ2n) is 6.31. The van der Waals surface area contributed by atoms with Crippen molar-refractivity contribution in [2.24, 2.45) is 4.99 Å². The van der Waals surface area contributed by atoms with Crippen LogP contribution >= 0.6 is 0 Å². The summed E-state index contributed by atoms with van der Waals surface area (Å²) in [5, 5.41) is 1.10. The average molecular weight is 334 g/mol. The molecule has 3 rings (SSSR count). The molecule has 0 unspecified atom stereocenters. The Morgan fingerprint density at radius 1 is 1.16 bits per heavy atom. The fourth-order valence-corrected chi connectivity index (χ4v) is 3.06. The normalized spacial score (nSPS) is 11.3. The molecule has 0 atom stereocenters. The van der Waals surface area contributed by atoms with E-state index in [1.54, 1.807) is 6.21 Å². The number of carbonyl (C=O) groups is 1. The number of benzene rings is 2. The fourth-order valence-electron chi connectivity index (χ4n) is 3.06. The van der Waals surface area contributed by atoms with E-state index in [-0.39, 0.29) is 18.9 Å². The first-order valence-corrected chi connectivity index (χ1v) is 8.33. The van der Waals surface area contributed by atoms with E-state index in [1.807, 2.05) is 44.3 Å². The predicted octanol–water partition coefficient (Wildman–Crippen LogP) is 4.16. The Balaban J connectivity index is 1.59. The van der Waals surface area contributed by atoms with Gasteiger partial charge in [0.05, 0.1) is 0 Å². The molecule has 25 heavy (non-hydrogen) atoms. The molecule has 1 N–H and O–H groups in total. The Kier molecular flexibility index (Phi) is 4.98. The molecule has 0 radical (unpaired) electrons. The molecule has 0 saturated carbocycles. The highest BCUT2D eigenvalue weighted by Gasteiger charge is 2.08. The summed E-state index contributed by atoms with van der Waals surface area (Å²) in [5.74, 6) is 0.747. The molecule has 128 valence electrons. The van der Waals surface area contributed by atoms with E-state index in [0.29, 0.717) is 0 Å². The van der Waals surface area contributed by atoms with Crippen LogP contribution in [0.25, 0.3) is 10.9 Å². The van der Waals surface area contributed by atoms with Gasteiger partial charge in [0.1, 0.15) is 18.9 Å². The Hall–Kier alpha value is -2.88. The first-order valence-electron chi connectivity index (χ1n) is 8.33. The molecule has 1 aromatic heterocycles. The minimum absolute atomic E-state index is 0.0381. The van der Waals surface area contributed by atoms with Crippen LogP contribution in [0, 0.1) is 20.8 Å². The van der Waals surface area contributed by atoms with Crippen LogP contribution in [-0.2, 0) is 4.79 Å². The number of aromatic amines is 1. The molecule has 4 heteroatoms. The smallest absolute Gasteiger partial charge is 0.191 e. The standard InChI is InChI=1S/C21H22N2O2/c1-14-9-15(2)21(16(3)10-14)25-13-18(24)12-22-11-17-5-4-6-20-19(17)7-8-23-20/h4-11,23H,12-13H2,1-3H3. The van der Waals surface area contributed by atoms with Crippen LogP contribution in [0.1, 0.15) is 22.3 Å². The van der Waals surface area contributed by atoms with Gasteiger partial charge in [-0.15, -0.1) is 0 Å². The lowest BCUT2D eigenvalue weighted by Crippen LogP contribution is -2.15. The second kappa shape index (κ2) is 7.34. The Morgan fingerprint density at radius 3 is 2.68 bits per heavy atom. The molecule has 0 bridgehead atoms. The number of carbonyl (C=O) groups excluding carboxylic acids is 1. The summed E-state index contributed by atoms with van der Waals surface area (Å²) in [7, 11) is 0. The number of Topliss-reactive ketones (excluding diaryl/α,β-unsaturated/α-hetero) is 1. The van der Waals surface area contributed by atoms with Gasteiger partial charge in [0.2, 0.25) is 0 Å². The number of aryl methyl sites for hydroxylation is 3. The van der Waals surface area contributed by atoms with Crippen LogP contribution in [0.15, 0.2) is 47.6 Å². The number of rotatable bonds is 6. The summed E-state index contributed by atoms with van der Waals surface area (Å²) in [6, 6.07) is 12.1. The molecular formula is C21H22N2O2. The van der Waals surface area contributed by atoms with Gasteiger partial charge >= 0.3 is 0 Å². The van der Waals surface area contributed by atoms with Crippen molar-refractivity contribution in [3.8, 4) is 5.75 Å². The number of ketones is 1. The summed E-state index contributed by atoms with van der Waals surface area (Å²) in [6.45, 7) is 6.20. The number of H-pyrrole nitrogens is 1. The second-order valence-corrected chi connectivity index (χ2v) is 6.31. The van der Waals surface area contributed by atoms with E-state index in [1.165, 1.54) is 5.56 Å². The average Bonchev–Trinajstić information content (AvgIpc) is 3.03. The van der Waals surface area contributed by atoms with Gasteiger partial charge in [0.15, 0.2) is 5.78 Å². The third-order valence-electron chi connectivity index (χ3n) is 4.11. The van der Waals surface area contributed by atoms with Gasteiger partial charge in [0.25, 0.3) is 0 Å². The maximum Gasteiger partial charge on any atom is 0.191 e.